The molecule has 0 spiro atoms. The number of methoxy groups -OCH3 is 2. The van der Waals surface area contributed by atoms with Gasteiger partial charge in [0.2, 0.25) is 11.8 Å². The van der Waals surface area contributed by atoms with Gasteiger partial charge in [-0.3, -0.25) is 9.59 Å². The molecule has 4 aromatic rings. The fourth-order valence-corrected chi connectivity index (χ4v) is 10.8. The molecule has 10 rings (SSSR count). The van der Waals surface area contributed by atoms with Crippen LogP contribution < -0.4 is 10.6 Å². The number of hydrogen-bond acceptors (Lipinski definition) is 10. The highest BCUT2D eigenvalue weighted by atomic mass is 35.5. The molecule has 0 radical (unpaired) electrons. The minimum absolute atomic E-state index is 0.0291. The third-order valence-corrected chi connectivity index (χ3v) is 14.5. The van der Waals surface area contributed by atoms with Crippen molar-refractivity contribution in [2.75, 3.05) is 40.6 Å². The number of aromatic nitrogens is 4. The summed E-state index contributed by atoms with van der Waals surface area (Å²) in [5.74, 6) is 8.41. The van der Waals surface area contributed by atoms with Gasteiger partial charge in [0.1, 0.15) is 34.6 Å². The summed E-state index contributed by atoms with van der Waals surface area (Å²) in [5.41, 5.74) is 4.87. The Morgan fingerprint density at radius 2 is 1.17 bits per heavy atom. The van der Waals surface area contributed by atoms with Crippen molar-refractivity contribution in [3.63, 3.8) is 0 Å². The van der Waals surface area contributed by atoms with Gasteiger partial charge in [0.25, 0.3) is 0 Å². The van der Waals surface area contributed by atoms with Gasteiger partial charge >= 0.3 is 12.2 Å². The first kappa shape index (κ1) is 43.0. The number of imidazole rings is 2. The number of amides is 4. The van der Waals surface area contributed by atoms with Crippen LogP contribution in [0.2, 0.25) is 5.15 Å². The largest absolute Gasteiger partial charge is 0.453 e. The van der Waals surface area contributed by atoms with Crippen LogP contribution in [0.25, 0.3) is 22.5 Å². The van der Waals surface area contributed by atoms with Gasteiger partial charge < -0.3 is 49.3 Å². The summed E-state index contributed by atoms with van der Waals surface area (Å²) in [4.78, 5) is 73.4. The van der Waals surface area contributed by atoms with E-state index in [9.17, 15) is 19.2 Å². The molecule has 4 amide bonds. The Morgan fingerprint density at radius 3 is 1.66 bits per heavy atom. The number of likely N-dealkylation sites (tertiary alicyclic amines) is 2. The lowest BCUT2D eigenvalue weighted by Gasteiger charge is -2.35. The molecule has 340 valence electrons. The maximum atomic E-state index is 14.2. The first-order chi connectivity index (χ1) is 31.7. The fourth-order valence-electron chi connectivity index (χ4n) is 10.5. The Bertz CT molecular complexity index is 2490. The van der Waals surface area contributed by atoms with Gasteiger partial charge in [0.15, 0.2) is 0 Å². The van der Waals surface area contributed by atoms with E-state index in [1.54, 1.807) is 0 Å². The molecule has 4 aliphatic heterocycles. The van der Waals surface area contributed by atoms with Crippen molar-refractivity contribution in [1.82, 2.24) is 40.4 Å². The van der Waals surface area contributed by atoms with E-state index in [-0.39, 0.29) is 47.8 Å². The van der Waals surface area contributed by atoms with Crippen molar-refractivity contribution in [3.05, 3.63) is 82.7 Å². The number of H-pyrrole nitrogens is 2. The predicted molar refractivity (Wildman–Crippen MR) is 237 cm³/mol. The summed E-state index contributed by atoms with van der Waals surface area (Å²) in [5, 5.41) is 6.06. The molecule has 6 fully saturated rings. The van der Waals surface area contributed by atoms with Crippen molar-refractivity contribution in [1.29, 1.82) is 0 Å². The molecule has 2 aromatic heterocycles. The van der Waals surface area contributed by atoms with Crippen LogP contribution in [0.3, 0.4) is 0 Å². The molecule has 0 unspecified atom stereocenters. The Morgan fingerprint density at radius 1 is 0.692 bits per heavy atom. The summed E-state index contributed by atoms with van der Waals surface area (Å²) in [7, 11) is 2.62. The number of rotatable bonds is 10. The number of ether oxygens (including phenoxy) is 4. The Balaban J connectivity index is 0.792. The molecule has 4 saturated heterocycles. The third-order valence-electron chi connectivity index (χ3n) is 14.3. The van der Waals surface area contributed by atoms with E-state index < -0.39 is 24.3 Å². The van der Waals surface area contributed by atoms with E-state index in [0.29, 0.717) is 80.6 Å². The van der Waals surface area contributed by atoms with Crippen LogP contribution in [-0.2, 0) is 28.5 Å². The van der Waals surface area contributed by atoms with Gasteiger partial charge in [0, 0.05) is 55.2 Å². The highest BCUT2D eigenvalue weighted by Gasteiger charge is 2.58. The summed E-state index contributed by atoms with van der Waals surface area (Å²) in [6.07, 6.45) is 6.81. The second-order valence-corrected chi connectivity index (χ2v) is 18.5. The summed E-state index contributed by atoms with van der Waals surface area (Å²) in [6, 6.07) is 14.0. The smallest absolute Gasteiger partial charge is 0.407 e. The van der Waals surface area contributed by atoms with Crippen LogP contribution in [0.4, 0.5) is 9.59 Å². The lowest BCUT2D eigenvalue weighted by atomic mass is 9.90. The van der Waals surface area contributed by atoms with Crippen LogP contribution in [-0.4, -0.2) is 119 Å². The van der Waals surface area contributed by atoms with Crippen LogP contribution >= 0.6 is 11.6 Å². The zero-order chi connectivity index (χ0) is 44.8. The van der Waals surface area contributed by atoms with Gasteiger partial charge in [-0.15, -0.1) is 0 Å². The first-order valence-corrected chi connectivity index (χ1v) is 23.1. The molecule has 16 nitrogen and oxygen atoms in total. The molecule has 2 saturated carbocycles. The number of fused-ring (bicyclic) bond motifs is 2. The number of piperidine rings is 2. The fraction of sp³-hybridized carbons (Fsp3) is 0.500. The molecule has 65 heavy (non-hydrogen) atoms. The molecular weight excluding hydrogens is 852 g/mol. The molecular formula is C48H53ClN8O8. The van der Waals surface area contributed by atoms with Gasteiger partial charge in [-0.1, -0.05) is 47.7 Å². The van der Waals surface area contributed by atoms with Gasteiger partial charge in [-0.25, -0.2) is 19.6 Å². The Kier molecular flexibility index (Phi) is 12.0. The summed E-state index contributed by atoms with van der Waals surface area (Å²) >= 11 is 6.78. The Hall–Kier alpha value is -5.89. The number of nitrogens with zero attached hydrogens (tertiary/aromatic N) is 4. The van der Waals surface area contributed by atoms with Crippen LogP contribution in [0.5, 0.6) is 0 Å². The van der Waals surface area contributed by atoms with E-state index in [1.165, 1.54) is 14.2 Å². The maximum absolute atomic E-state index is 14.2. The molecule has 4 N–H and O–H groups in total. The van der Waals surface area contributed by atoms with Crippen LogP contribution in [0, 0.1) is 35.5 Å². The molecule has 2 aromatic carbocycles. The highest BCUT2D eigenvalue weighted by Crippen LogP contribution is 2.55. The van der Waals surface area contributed by atoms with Gasteiger partial charge in [0.05, 0.1) is 38.2 Å². The van der Waals surface area contributed by atoms with Gasteiger partial charge in [-0.2, -0.15) is 0 Å². The number of nitrogens with one attached hydrogen (secondary N) is 4. The summed E-state index contributed by atoms with van der Waals surface area (Å²) in [6.45, 7) is 2.21. The molecule has 6 aliphatic rings. The SMILES string of the molecule is COC(=O)N[C@H](C(=O)N1[C@@H]2C[C@@H]2C[C@H]1c1ncc(-c2ccc(C#Cc3ccc(-c4nc([C@@H]5C[C@H]6C[C@H]6N5C(=O)[C@@H](NC(=O)OC)C5CCOCC5)[nH]c4Cl)cc3)cc2)[nH]1)C1CCOCC1. The molecule has 8 atom stereocenters. The minimum atomic E-state index is -0.714. The maximum Gasteiger partial charge on any atom is 0.407 e. The normalized spacial score (nSPS) is 25.6. The van der Waals surface area contributed by atoms with Crippen LogP contribution in [0.1, 0.15) is 86.2 Å². The zero-order valence-electron chi connectivity index (χ0n) is 36.4. The zero-order valence-corrected chi connectivity index (χ0v) is 37.1. The number of hydrogen-bond donors (Lipinski definition) is 4. The second kappa shape index (κ2) is 18.2. The predicted octanol–water partition coefficient (Wildman–Crippen LogP) is 6.15. The first-order valence-electron chi connectivity index (χ1n) is 22.7. The quantitative estimate of drug-likeness (QED) is 0.134. The summed E-state index contributed by atoms with van der Waals surface area (Å²) < 4.78 is 20.9. The number of aromatic amines is 2. The number of halogens is 1. The third kappa shape index (κ3) is 8.81. The number of carbonyl (C=O) groups excluding carboxylic acids is 4. The molecule has 17 heteroatoms. The lowest BCUT2D eigenvalue weighted by molar-refractivity contribution is -0.138. The van der Waals surface area contributed by atoms with E-state index >= 15 is 0 Å². The standard InChI is InChI=1S/C48H53ClN8O8/c1-62-47(60)53-40(30-13-17-64-18-14-30)45(58)56-35-21-32(35)23-37(56)43-50-25-34(51-43)28-9-5-26(6-10-28)3-4-27-7-11-29(12-8-27)39-42(49)55-44(52-39)38-24-33-22-36(33)57(38)46(59)41(54-48(61)63-2)31-15-19-65-20-16-31/h5-12,25,30-33,35-38,40-41H,13-24H2,1-2H3,(H,50,51)(H,52,55)(H,53,60)(H,54,61)/t32-,33-,35-,36-,37+,38+,40+,41+/m1/s1. The minimum Gasteiger partial charge on any atom is -0.453 e. The van der Waals surface area contributed by atoms with Crippen LogP contribution in [0.15, 0.2) is 54.7 Å². The van der Waals surface area contributed by atoms with E-state index in [1.807, 2.05) is 64.5 Å². The van der Waals surface area contributed by atoms with Crippen molar-refractivity contribution in [3.8, 4) is 34.4 Å². The topological polar surface area (TPSA) is 193 Å². The number of alkyl carbamates (subject to hydrolysis) is 2. The lowest BCUT2D eigenvalue weighted by Crippen LogP contribution is -2.54. The van der Waals surface area contributed by atoms with E-state index in [2.05, 4.69) is 32.4 Å². The van der Waals surface area contributed by atoms with Gasteiger partial charge in [-0.05, 0) is 105 Å². The molecule has 0 bridgehead atoms. The molecule has 6 heterocycles. The highest BCUT2D eigenvalue weighted by molar-refractivity contribution is 6.31. The average molecular weight is 905 g/mol. The monoisotopic (exact) mass is 904 g/mol. The van der Waals surface area contributed by atoms with Crippen molar-refractivity contribution in [2.24, 2.45) is 23.7 Å². The van der Waals surface area contributed by atoms with Crippen molar-refractivity contribution < 1.29 is 38.1 Å². The van der Waals surface area contributed by atoms with Crippen molar-refractivity contribution in [2.45, 2.75) is 87.6 Å². The van der Waals surface area contributed by atoms with E-state index in [0.717, 1.165) is 59.5 Å². The Labute approximate surface area is 381 Å². The van der Waals surface area contributed by atoms with Crippen molar-refractivity contribution >= 4 is 35.6 Å². The second-order valence-electron chi connectivity index (χ2n) is 18.1. The number of carbonyl (C=O) groups is 4. The average Bonchev–Trinajstić information content (AvgIpc) is 3.99. The number of benzene rings is 2. The van der Waals surface area contributed by atoms with E-state index in [4.69, 9.17) is 40.5 Å². The molecule has 2 aliphatic carbocycles.